The Hall–Kier alpha value is -0.570. The predicted molar refractivity (Wildman–Crippen MR) is 76.8 cm³/mol. The molecule has 1 aliphatic heterocycles. The van der Waals surface area contributed by atoms with Gasteiger partial charge >= 0.3 is 0 Å². The van der Waals surface area contributed by atoms with Crippen LogP contribution in [0.25, 0.3) is 0 Å². The molecule has 3 heteroatoms. The van der Waals surface area contributed by atoms with Crippen molar-refractivity contribution in [3.8, 4) is 0 Å². The molecule has 108 valence electrons. The van der Waals surface area contributed by atoms with Gasteiger partial charge in [0.1, 0.15) is 0 Å². The van der Waals surface area contributed by atoms with Gasteiger partial charge < -0.3 is 10.2 Å². The third kappa shape index (κ3) is 2.81. The minimum atomic E-state index is 0.410. The van der Waals surface area contributed by atoms with Crippen LogP contribution in [0.15, 0.2) is 0 Å². The fourth-order valence-electron chi connectivity index (χ4n) is 4.26. The summed E-state index contributed by atoms with van der Waals surface area (Å²) in [7, 11) is 0. The first-order valence-electron chi connectivity index (χ1n) is 8.33. The van der Waals surface area contributed by atoms with Gasteiger partial charge in [-0.15, -0.1) is 0 Å². The minimum absolute atomic E-state index is 0.410. The molecule has 3 rings (SSSR count). The number of hydrogen-bond acceptors (Lipinski definition) is 2. The first-order valence-corrected chi connectivity index (χ1v) is 8.33. The maximum Gasteiger partial charge on any atom is 0.226 e. The van der Waals surface area contributed by atoms with Crippen molar-refractivity contribution < 1.29 is 4.79 Å². The summed E-state index contributed by atoms with van der Waals surface area (Å²) in [4.78, 5) is 14.8. The molecule has 1 N–H and O–H groups in total. The maximum atomic E-state index is 12.6. The molecule has 2 saturated carbocycles. The highest BCUT2D eigenvalue weighted by Crippen LogP contribution is 2.56. The van der Waals surface area contributed by atoms with E-state index in [4.69, 9.17) is 0 Å². The topological polar surface area (TPSA) is 32.3 Å². The van der Waals surface area contributed by atoms with E-state index < -0.39 is 0 Å². The lowest BCUT2D eigenvalue weighted by molar-refractivity contribution is -0.134. The van der Waals surface area contributed by atoms with E-state index in [1.807, 2.05) is 0 Å². The summed E-state index contributed by atoms with van der Waals surface area (Å²) in [5.74, 6) is 2.41. The lowest BCUT2D eigenvalue weighted by atomic mass is 10.0. The molecular formula is C16H28N2O. The van der Waals surface area contributed by atoms with E-state index in [9.17, 15) is 4.79 Å². The Labute approximate surface area is 117 Å². The van der Waals surface area contributed by atoms with Gasteiger partial charge in [0.05, 0.1) is 0 Å². The second-order valence-corrected chi connectivity index (χ2v) is 6.72. The Bertz CT molecular complexity index is 319. The normalized spacial score (nSPS) is 37.8. The van der Waals surface area contributed by atoms with E-state index >= 15 is 0 Å². The van der Waals surface area contributed by atoms with Crippen LogP contribution in [-0.4, -0.2) is 36.5 Å². The fraction of sp³-hybridized carbons (Fsp3) is 0.938. The van der Waals surface area contributed by atoms with Gasteiger partial charge in [0, 0.05) is 25.0 Å². The summed E-state index contributed by atoms with van der Waals surface area (Å²) in [5.41, 5.74) is 0. The standard InChI is InChI=1S/C16H28N2O/c1-2-9-17-12-6-5-10-18(11-12)16(19)15-13-7-3-4-8-14(13)15/h12-15,17H,2-11H2,1H3. The molecule has 1 saturated heterocycles. The monoisotopic (exact) mass is 264 g/mol. The average molecular weight is 264 g/mol. The van der Waals surface area contributed by atoms with Crippen LogP contribution in [0.2, 0.25) is 0 Å². The molecule has 0 aromatic carbocycles. The SMILES string of the molecule is CCCNC1CCCN(C(=O)C2C3CCCCC32)C1. The second kappa shape index (κ2) is 5.82. The van der Waals surface area contributed by atoms with E-state index in [0.29, 0.717) is 17.9 Å². The number of piperidine rings is 1. The van der Waals surface area contributed by atoms with Crippen LogP contribution < -0.4 is 5.32 Å². The van der Waals surface area contributed by atoms with E-state index in [2.05, 4.69) is 17.1 Å². The van der Waals surface area contributed by atoms with E-state index in [1.54, 1.807) is 0 Å². The summed E-state index contributed by atoms with van der Waals surface area (Å²) in [6.45, 7) is 5.24. The minimum Gasteiger partial charge on any atom is -0.341 e. The Kier molecular flexibility index (Phi) is 4.11. The molecule has 19 heavy (non-hydrogen) atoms. The van der Waals surface area contributed by atoms with Gasteiger partial charge in [0.15, 0.2) is 0 Å². The number of hydrogen-bond donors (Lipinski definition) is 1. The quantitative estimate of drug-likeness (QED) is 0.845. The van der Waals surface area contributed by atoms with Crippen molar-refractivity contribution in [1.29, 1.82) is 0 Å². The molecule has 2 aliphatic carbocycles. The summed E-state index contributed by atoms with van der Waals surface area (Å²) in [6, 6.07) is 0.540. The Morgan fingerprint density at radius 1 is 1.16 bits per heavy atom. The first-order chi connectivity index (χ1) is 9.31. The summed E-state index contributed by atoms with van der Waals surface area (Å²) in [6.07, 6.45) is 8.92. The van der Waals surface area contributed by atoms with Crippen LogP contribution in [0.4, 0.5) is 0 Å². The number of fused-ring (bicyclic) bond motifs is 1. The lowest BCUT2D eigenvalue weighted by Crippen LogP contribution is -2.48. The Morgan fingerprint density at radius 2 is 1.89 bits per heavy atom. The molecule has 0 aromatic rings. The number of nitrogens with zero attached hydrogens (tertiary/aromatic N) is 1. The highest BCUT2D eigenvalue weighted by Gasteiger charge is 2.55. The summed E-state index contributed by atoms with van der Waals surface area (Å²) >= 11 is 0. The summed E-state index contributed by atoms with van der Waals surface area (Å²) in [5, 5.41) is 3.58. The van der Waals surface area contributed by atoms with Gasteiger partial charge in [-0.05, 0) is 50.5 Å². The molecule has 1 amide bonds. The van der Waals surface area contributed by atoms with Crippen LogP contribution >= 0.6 is 0 Å². The fourth-order valence-corrected chi connectivity index (χ4v) is 4.26. The number of likely N-dealkylation sites (tertiary alicyclic amines) is 1. The third-order valence-electron chi connectivity index (χ3n) is 5.36. The van der Waals surface area contributed by atoms with Gasteiger partial charge in [-0.3, -0.25) is 4.79 Å². The lowest BCUT2D eigenvalue weighted by Gasteiger charge is -2.33. The van der Waals surface area contributed by atoms with Gasteiger partial charge in [-0.25, -0.2) is 0 Å². The zero-order chi connectivity index (χ0) is 13.2. The van der Waals surface area contributed by atoms with Crippen molar-refractivity contribution in [2.45, 2.75) is 57.9 Å². The Morgan fingerprint density at radius 3 is 2.58 bits per heavy atom. The highest BCUT2D eigenvalue weighted by atomic mass is 16.2. The van der Waals surface area contributed by atoms with Gasteiger partial charge in [0.2, 0.25) is 5.91 Å². The molecule has 3 fully saturated rings. The summed E-state index contributed by atoms with van der Waals surface area (Å²) < 4.78 is 0. The van der Waals surface area contributed by atoms with Crippen molar-refractivity contribution in [3.05, 3.63) is 0 Å². The van der Waals surface area contributed by atoms with Crippen molar-refractivity contribution in [3.63, 3.8) is 0 Å². The maximum absolute atomic E-state index is 12.6. The molecule has 0 radical (unpaired) electrons. The number of nitrogens with one attached hydrogen (secondary N) is 1. The molecule has 3 atom stereocenters. The smallest absolute Gasteiger partial charge is 0.226 e. The average Bonchev–Trinajstić information content (AvgIpc) is 3.19. The largest absolute Gasteiger partial charge is 0.341 e. The molecule has 0 aromatic heterocycles. The van der Waals surface area contributed by atoms with Gasteiger partial charge in [0.25, 0.3) is 0 Å². The first kappa shape index (κ1) is 13.4. The molecule has 1 heterocycles. The van der Waals surface area contributed by atoms with Crippen molar-refractivity contribution in [2.75, 3.05) is 19.6 Å². The highest BCUT2D eigenvalue weighted by molar-refractivity contribution is 5.82. The van der Waals surface area contributed by atoms with Crippen LogP contribution in [0.1, 0.15) is 51.9 Å². The van der Waals surface area contributed by atoms with Crippen LogP contribution in [0.5, 0.6) is 0 Å². The second-order valence-electron chi connectivity index (χ2n) is 6.72. The third-order valence-corrected chi connectivity index (χ3v) is 5.36. The van der Waals surface area contributed by atoms with Crippen LogP contribution in [0.3, 0.4) is 0 Å². The van der Waals surface area contributed by atoms with E-state index in [0.717, 1.165) is 31.5 Å². The van der Waals surface area contributed by atoms with Crippen molar-refractivity contribution in [2.24, 2.45) is 17.8 Å². The molecule has 3 aliphatic rings. The van der Waals surface area contributed by atoms with Crippen molar-refractivity contribution in [1.82, 2.24) is 10.2 Å². The van der Waals surface area contributed by atoms with Gasteiger partial charge in [-0.1, -0.05) is 19.8 Å². The molecule has 0 spiro atoms. The Balaban J connectivity index is 1.52. The van der Waals surface area contributed by atoms with E-state index in [1.165, 1.54) is 44.9 Å². The van der Waals surface area contributed by atoms with E-state index in [-0.39, 0.29) is 0 Å². The number of amides is 1. The molecule has 0 bridgehead atoms. The zero-order valence-corrected chi connectivity index (χ0v) is 12.2. The molecule has 3 unspecified atom stereocenters. The number of rotatable bonds is 4. The van der Waals surface area contributed by atoms with Crippen LogP contribution in [-0.2, 0) is 4.79 Å². The number of carbonyl (C=O) groups is 1. The molecule has 3 nitrogen and oxygen atoms in total. The predicted octanol–water partition coefficient (Wildman–Crippen LogP) is 2.41. The van der Waals surface area contributed by atoms with Crippen LogP contribution in [0, 0.1) is 17.8 Å². The number of carbonyl (C=O) groups excluding carboxylic acids is 1. The zero-order valence-electron chi connectivity index (χ0n) is 12.2. The van der Waals surface area contributed by atoms with Crippen molar-refractivity contribution >= 4 is 5.91 Å². The molecular weight excluding hydrogens is 236 g/mol. The van der Waals surface area contributed by atoms with Gasteiger partial charge in [-0.2, -0.15) is 0 Å².